The number of fused-ring (bicyclic) bond motifs is 1. The molecule has 2 rings (SSSR count). The molecule has 1 aromatic rings. The molecule has 19 heavy (non-hydrogen) atoms. The standard InChI is InChI=1S/C16H23N3/c1-16(2,12-17)9-3-4-10-19-11-8-13-6-5-7-14(18)15(13)19/h5-7H,3-4,8-11,18H2,1-2H3. The molecule has 1 heterocycles. The van der Waals surface area contributed by atoms with E-state index >= 15 is 0 Å². The lowest BCUT2D eigenvalue weighted by atomic mass is 9.89. The largest absolute Gasteiger partial charge is 0.397 e. The van der Waals surface area contributed by atoms with Gasteiger partial charge in [0, 0.05) is 13.1 Å². The molecule has 3 nitrogen and oxygen atoms in total. The molecule has 2 N–H and O–H groups in total. The number of para-hydroxylation sites is 1. The number of anilines is 2. The normalized spacial score (nSPS) is 14.3. The molecule has 0 radical (unpaired) electrons. The Morgan fingerprint density at radius 2 is 2.16 bits per heavy atom. The van der Waals surface area contributed by atoms with Crippen molar-refractivity contribution < 1.29 is 0 Å². The fourth-order valence-corrected chi connectivity index (χ4v) is 2.71. The van der Waals surface area contributed by atoms with E-state index < -0.39 is 0 Å². The summed E-state index contributed by atoms with van der Waals surface area (Å²) in [5.41, 5.74) is 9.39. The van der Waals surface area contributed by atoms with Gasteiger partial charge in [-0.2, -0.15) is 5.26 Å². The average molecular weight is 257 g/mol. The third-order valence-corrected chi connectivity index (χ3v) is 3.90. The minimum Gasteiger partial charge on any atom is -0.397 e. The van der Waals surface area contributed by atoms with Gasteiger partial charge < -0.3 is 10.6 Å². The van der Waals surface area contributed by atoms with Crippen LogP contribution in [0, 0.1) is 16.7 Å². The molecule has 1 aliphatic heterocycles. The summed E-state index contributed by atoms with van der Waals surface area (Å²) in [7, 11) is 0. The summed E-state index contributed by atoms with van der Waals surface area (Å²) in [5.74, 6) is 0. The van der Waals surface area contributed by atoms with Gasteiger partial charge in [-0.25, -0.2) is 0 Å². The van der Waals surface area contributed by atoms with E-state index in [0.29, 0.717) is 0 Å². The van der Waals surface area contributed by atoms with Crippen LogP contribution in [0.4, 0.5) is 11.4 Å². The second-order valence-electron chi connectivity index (χ2n) is 6.04. The quantitative estimate of drug-likeness (QED) is 0.650. The monoisotopic (exact) mass is 257 g/mol. The Balaban J connectivity index is 1.86. The third-order valence-electron chi connectivity index (χ3n) is 3.90. The van der Waals surface area contributed by atoms with Crippen molar-refractivity contribution >= 4 is 11.4 Å². The van der Waals surface area contributed by atoms with E-state index in [1.807, 2.05) is 26.0 Å². The molecule has 0 aliphatic carbocycles. The predicted octanol–water partition coefficient (Wildman–Crippen LogP) is 3.35. The minimum absolute atomic E-state index is 0.193. The van der Waals surface area contributed by atoms with Crippen LogP contribution in [0.5, 0.6) is 0 Å². The molecule has 0 atom stereocenters. The van der Waals surface area contributed by atoms with Crippen LogP contribution in [0.1, 0.15) is 38.7 Å². The van der Waals surface area contributed by atoms with Gasteiger partial charge >= 0.3 is 0 Å². The van der Waals surface area contributed by atoms with Gasteiger partial charge in [0.15, 0.2) is 0 Å². The van der Waals surface area contributed by atoms with Crippen LogP contribution in [0.15, 0.2) is 18.2 Å². The minimum atomic E-state index is -0.193. The molecule has 1 aromatic carbocycles. The van der Waals surface area contributed by atoms with Gasteiger partial charge in [0.25, 0.3) is 0 Å². The lowest BCUT2D eigenvalue weighted by Gasteiger charge is -2.22. The van der Waals surface area contributed by atoms with E-state index in [2.05, 4.69) is 17.0 Å². The summed E-state index contributed by atoms with van der Waals surface area (Å²) in [4.78, 5) is 2.39. The number of nitriles is 1. The number of nitrogens with two attached hydrogens (primary N) is 1. The van der Waals surface area contributed by atoms with E-state index in [1.54, 1.807) is 0 Å². The molecular weight excluding hydrogens is 234 g/mol. The topological polar surface area (TPSA) is 53.0 Å². The van der Waals surface area contributed by atoms with Crippen molar-refractivity contribution in [2.45, 2.75) is 39.5 Å². The Morgan fingerprint density at radius 1 is 1.37 bits per heavy atom. The summed E-state index contributed by atoms with van der Waals surface area (Å²) in [6.07, 6.45) is 4.29. The highest BCUT2D eigenvalue weighted by atomic mass is 15.2. The van der Waals surface area contributed by atoms with Gasteiger partial charge in [0.1, 0.15) is 0 Å². The Morgan fingerprint density at radius 3 is 2.89 bits per heavy atom. The molecule has 0 spiro atoms. The van der Waals surface area contributed by atoms with Crippen LogP contribution >= 0.6 is 0 Å². The van der Waals surface area contributed by atoms with E-state index in [-0.39, 0.29) is 5.41 Å². The van der Waals surface area contributed by atoms with Crippen LogP contribution in [-0.2, 0) is 6.42 Å². The smallest absolute Gasteiger partial charge is 0.0683 e. The first-order chi connectivity index (χ1) is 9.03. The molecule has 0 bridgehead atoms. The number of benzene rings is 1. The molecule has 0 amide bonds. The number of hydrogen-bond acceptors (Lipinski definition) is 3. The second-order valence-corrected chi connectivity index (χ2v) is 6.04. The number of rotatable bonds is 5. The second kappa shape index (κ2) is 5.52. The third kappa shape index (κ3) is 3.20. The van der Waals surface area contributed by atoms with Crippen molar-refractivity contribution in [2.75, 3.05) is 23.7 Å². The summed E-state index contributed by atoms with van der Waals surface area (Å²) in [6.45, 7) is 6.14. The molecule has 1 aliphatic rings. The Hall–Kier alpha value is -1.69. The molecule has 3 heteroatoms. The zero-order chi connectivity index (χ0) is 13.9. The van der Waals surface area contributed by atoms with Crippen molar-refractivity contribution in [3.63, 3.8) is 0 Å². The number of nitrogen functional groups attached to an aromatic ring is 1. The molecule has 102 valence electrons. The van der Waals surface area contributed by atoms with Crippen molar-refractivity contribution in [1.29, 1.82) is 5.26 Å². The SMILES string of the molecule is CC(C)(C#N)CCCCN1CCc2cccc(N)c21. The Labute approximate surface area is 116 Å². The number of unbranched alkanes of at least 4 members (excludes halogenated alkanes) is 1. The zero-order valence-electron chi connectivity index (χ0n) is 11.9. The van der Waals surface area contributed by atoms with Gasteiger partial charge in [-0.15, -0.1) is 0 Å². The molecule has 0 unspecified atom stereocenters. The van der Waals surface area contributed by atoms with E-state index in [9.17, 15) is 0 Å². The molecule has 0 fully saturated rings. The maximum Gasteiger partial charge on any atom is 0.0683 e. The van der Waals surface area contributed by atoms with Crippen LogP contribution in [0.3, 0.4) is 0 Å². The van der Waals surface area contributed by atoms with Gasteiger partial charge in [-0.3, -0.25) is 0 Å². The summed E-state index contributed by atoms with van der Waals surface area (Å²) < 4.78 is 0. The van der Waals surface area contributed by atoms with Gasteiger partial charge in [-0.1, -0.05) is 18.6 Å². The highest BCUT2D eigenvalue weighted by molar-refractivity contribution is 5.74. The average Bonchev–Trinajstić information content (AvgIpc) is 2.79. The lowest BCUT2D eigenvalue weighted by Crippen LogP contribution is -2.23. The summed E-state index contributed by atoms with van der Waals surface area (Å²) in [6, 6.07) is 8.55. The predicted molar refractivity (Wildman–Crippen MR) is 80.0 cm³/mol. The maximum absolute atomic E-state index is 8.99. The summed E-state index contributed by atoms with van der Waals surface area (Å²) in [5, 5.41) is 8.99. The molecule has 0 saturated carbocycles. The fraction of sp³-hybridized carbons (Fsp3) is 0.562. The van der Waals surface area contributed by atoms with E-state index in [4.69, 9.17) is 11.0 Å². The van der Waals surface area contributed by atoms with Crippen molar-refractivity contribution in [3.8, 4) is 6.07 Å². The zero-order valence-corrected chi connectivity index (χ0v) is 11.9. The van der Waals surface area contributed by atoms with Crippen molar-refractivity contribution in [1.82, 2.24) is 0 Å². The van der Waals surface area contributed by atoms with Gasteiger partial charge in [-0.05, 0) is 44.7 Å². The summed E-state index contributed by atoms with van der Waals surface area (Å²) >= 11 is 0. The lowest BCUT2D eigenvalue weighted by molar-refractivity contribution is 0.427. The van der Waals surface area contributed by atoms with Crippen LogP contribution in [0.25, 0.3) is 0 Å². The Bertz CT molecular complexity index is 485. The first-order valence-corrected chi connectivity index (χ1v) is 7.07. The fourth-order valence-electron chi connectivity index (χ4n) is 2.71. The maximum atomic E-state index is 8.99. The van der Waals surface area contributed by atoms with Crippen molar-refractivity contribution in [2.24, 2.45) is 5.41 Å². The van der Waals surface area contributed by atoms with E-state index in [1.165, 1.54) is 11.3 Å². The van der Waals surface area contributed by atoms with Crippen LogP contribution < -0.4 is 10.6 Å². The van der Waals surface area contributed by atoms with Gasteiger partial charge in [0.2, 0.25) is 0 Å². The number of hydrogen-bond donors (Lipinski definition) is 1. The van der Waals surface area contributed by atoms with Crippen LogP contribution in [0.2, 0.25) is 0 Å². The highest BCUT2D eigenvalue weighted by Gasteiger charge is 2.21. The van der Waals surface area contributed by atoms with Crippen molar-refractivity contribution in [3.05, 3.63) is 23.8 Å². The number of nitrogens with zero attached hydrogens (tertiary/aromatic N) is 2. The molecule has 0 aromatic heterocycles. The molecule has 0 saturated heterocycles. The van der Waals surface area contributed by atoms with Crippen LogP contribution in [-0.4, -0.2) is 13.1 Å². The molecular formula is C16H23N3. The first kappa shape index (κ1) is 13.7. The van der Waals surface area contributed by atoms with Gasteiger partial charge in [0.05, 0.1) is 22.9 Å². The van der Waals surface area contributed by atoms with E-state index in [0.717, 1.165) is 44.5 Å². The highest BCUT2D eigenvalue weighted by Crippen LogP contribution is 2.33. The Kier molecular flexibility index (Phi) is 3.99. The first-order valence-electron chi connectivity index (χ1n) is 7.07.